The quantitative estimate of drug-likeness (QED) is 0.682. The third kappa shape index (κ3) is 22.4. The summed E-state index contributed by atoms with van der Waals surface area (Å²) in [6.07, 6.45) is 5.26. The minimum Gasteiger partial charge on any atom is -0.343 e. The Labute approximate surface area is 93.8 Å². The number of rotatable bonds is 4. The molecule has 0 rings (SSSR count). The van der Waals surface area contributed by atoms with E-state index in [9.17, 15) is 0 Å². The van der Waals surface area contributed by atoms with E-state index >= 15 is 0 Å². The Hall–Kier alpha value is 0.688. The standard InChI is InChI=1S/C6H12.C5H10.W/c1-4-6(3)5-2;1-3-5-4-2;/h6H,1-2,4-5H2,3H3;1-5H2;/q2*-2;. The first-order valence-electron chi connectivity index (χ1n) is 4.39. The molecular weight excluding hydrogens is 316 g/mol. The van der Waals surface area contributed by atoms with Gasteiger partial charge in [-0.2, -0.15) is 25.7 Å². The van der Waals surface area contributed by atoms with E-state index in [1.54, 1.807) is 0 Å². The van der Waals surface area contributed by atoms with Gasteiger partial charge >= 0.3 is 0 Å². The minimum atomic E-state index is 0. The van der Waals surface area contributed by atoms with Crippen molar-refractivity contribution in [2.24, 2.45) is 5.92 Å². The van der Waals surface area contributed by atoms with E-state index in [2.05, 4.69) is 34.6 Å². The van der Waals surface area contributed by atoms with Crippen molar-refractivity contribution >= 4 is 0 Å². The second-order valence-corrected chi connectivity index (χ2v) is 2.74. The topological polar surface area (TPSA) is 0 Å². The molecule has 0 aliphatic carbocycles. The molecular formula is C11H22W-4. The fourth-order valence-electron chi connectivity index (χ4n) is 0.321. The van der Waals surface area contributed by atoms with Gasteiger partial charge in [0, 0.05) is 21.1 Å². The summed E-state index contributed by atoms with van der Waals surface area (Å²) in [7, 11) is 0. The molecule has 0 aliphatic rings. The predicted octanol–water partition coefficient (Wildman–Crippen LogP) is 3.89. The summed E-state index contributed by atoms with van der Waals surface area (Å²) in [5, 5.41) is 0. The van der Waals surface area contributed by atoms with E-state index in [-0.39, 0.29) is 21.1 Å². The van der Waals surface area contributed by atoms with Gasteiger partial charge < -0.3 is 27.7 Å². The average molecular weight is 338 g/mol. The monoisotopic (exact) mass is 338 g/mol. The van der Waals surface area contributed by atoms with Gasteiger partial charge in [-0.3, -0.25) is 0 Å². The predicted molar refractivity (Wildman–Crippen MR) is 53.7 cm³/mol. The zero-order chi connectivity index (χ0) is 9.11. The summed E-state index contributed by atoms with van der Waals surface area (Å²) < 4.78 is 0. The summed E-state index contributed by atoms with van der Waals surface area (Å²) in [5.74, 6) is 0.713. The molecule has 0 saturated carbocycles. The summed E-state index contributed by atoms with van der Waals surface area (Å²) in [6.45, 7) is 16.9. The van der Waals surface area contributed by atoms with Crippen LogP contribution >= 0.6 is 0 Å². The maximum absolute atomic E-state index is 3.72. The van der Waals surface area contributed by atoms with Crippen LogP contribution in [0.1, 0.15) is 39.0 Å². The van der Waals surface area contributed by atoms with Crippen LogP contribution in [-0.2, 0) is 21.1 Å². The van der Waals surface area contributed by atoms with Gasteiger partial charge in [-0.15, -0.1) is 6.42 Å². The molecule has 0 spiro atoms. The van der Waals surface area contributed by atoms with Gasteiger partial charge in [0.15, 0.2) is 0 Å². The molecule has 1 heteroatoms. The van der Waals surface area contributed by atoms with Gasteiger partial charge in [-0.25, -0.2) is 0 Å². The Morgan fingerprint density at radius 3 is 1.25 bits per heavy atom. The van der Waals surface area contributed by atoms with E-state index in [4.69, 9.17) is 0 Å². The smallest absolute Gasteiger partial charge is 0 e. The molecule has 0 atom stereocenters. The molecule has 0 amide bonds. The number of hydrogen-bond acceptors (Lipinski definition) is 0. The molecule has 0 radical (unpaired) electrons. The fraction of sp³-hybridized carbons (Fsp3) is 0.636. The number of unbranched alkanes of at least 4 members (excludes halogenated alkanes) is 2. The maximum Gasteiger partial charge on any atom is 0 e. The normalized spacial score (nSPS) is 8.50. The largest absolute Gasteiger partial charge is 0.343 e. The van der Waals surface area contributed by atoms with Gasteiger partial charge in [-0.05, 0) is 0 Å². The Bertz CT molecular complexity index is 47.0. The first-order valence-corrected chi connectivity index (χ1v) is 4.39. The Morgan fingerprint density at radius 1 is 0.917 bits per heavy atom. The van der Waals surface area contributed by atoms with Gasteiger partial charge in [0.05, 0.1) is 0 Å². The van der Waals surface area contributed by atoms with Crippen LogP contribution in [-0.4, -0.2) is 0 Å². The molecule has 0 saturated heterocycles. The SMILES string of the molecule is [CH2-]CC(C)C[CH2-].[CH2-]CCC[CH2-].[W]. The van der Waals surface area contributed by atoms with Crippen LogP contribution in [0, 0.1) is 33.6 Å². The van der Waals surface area contributed by atoms with Crippen molar-refractivity contribution in [3.8, 4) is 0 Å². The molecule has 0 unspecified atom stereocenters. The Morgan fingerprint density at radius 2 is 1.25 bits per heavy atom. The first-order chi connectivity index (χ1) is 5.22. The summed E-state index contributed by atoms with van der Waals surface area (Å²) in [6, 6.07) is 0. The molecule has 76 valence electrons. The third-order valence-electron chi connectivity index (χ3n) is 1.49. The van der Waals surface area contributed by atoms with E-state index in [1.807, 2.05) is 0 Å². The molecule has 0 fully saturated rings. The van der Waals surface area contributed by atoms with Crippen molar-refractivity contribution in [3.63, 3.8) is 0 Å². The molecule has 0 aliphatic heterocycles. The molecule has 0 aromatic rings. The van der Waals surface area contributed by atoms with Crippen LogP contribution < -0.4 is 0 Å². The molecule has 0 nitrogen and oxygen atoms in total. The maximum atomic E-state index is 3.72. The molecule has 0 N–H and O–H groups in total. The van der Waals surface area contributed by atoms with E-state index in [1.165, 1.54) is 6.42 Å². The summed E-state index contributed by atoms with van der Waals surface area (Å²) in [5.41, 5.74) is 0. The first kappa shape index (κ1) is 18.5. The molecule has 0 bridgehead atoms. The van der Waals surface area contributed by atoms with Gasteiger partial charge in [0.1, 0.15) is 0 Å². The van der Waals surface area contributed by atoms with Gasteiger partial charge in [0.2, 0.25) is 0 Å². The van der Waals surface area contributed by atoms with Crippen LogP contribution in [0.5, 0.6) is 0 Å². The van der Waals surface area contributed by atoms with Crippen LogP contribution in [0.15, 0.2) is 0 Å². The molecule has 0 heterocycles. The van der Waals surface area contributed by atoms with Crippen molar-refractivity contribution in [2.75, 3.05) is 0 Å². The Balaban J connectivity index is -0.000000126. The molecule has 0 aromatic heterocycles. The molecule has 12 heavy (non-hydrogen) atoms. The summed E-state index contributed by atoms with van der Waals surface area (Å²) in [4.78, 5) is 0. The van der Waals surface area contributed by atoms with Crippen LogP contribution in [0.4, 0.5) is 0 Å². The van der Waals surface area contributed by atoms with E-state index < -0.39 is 0 Å². The minimum absolute atomic E-state index is 0. The van der Waals surface area contributed by atoms with Crippen LogP contribution in [0.2, 0.25) is 0 Å². The van der Waals surface area contributed by atoms with Crippen molar-refractivity contribution in [1.29, 1.82) is 0 Å². The zero-order valence-electron chi connectivity index (χ0n) is 8.35. The second kappa shape index (κ2) is 17.7. The van der Waals surface area contributed by atoms with Crippen LogP contribution in [0.3, 0.4) is 0 Å². The van der Waals surface area contributed by atoms with Crippen LogP contribution in [0.25, 0.3) is 0 Å². The fourth-order valence-corrected chi connectivity index (χ4v) is 0.321. The van der Waals surface area contributed by atoms with Gasteiger partial charge in [-0.1, -0.05) is 12.8 Å². The van der Waals surface area contributed by atoms with Crippen molar-refractivity contribution in [3.05, 3.63) is 27.7 Å². The zero-order valence-corrected chi connectivity index (χ0v) is 11.3. The average Bonchev–Trinajstić information content (AvgIpc) is 2.06. The second-order valence-electron chi connectivity index (χ2n) is 2.74. The van der Waals surface area contributed by atoms with E-state index in [0.29, 0.717) is 5.92 Å². The third-order valence-corrected chi connectivity index (χ3v) is 1.49. The van der Waals surface area contributed by atoms with Gasteiger partial charge in [0.25, 0.3) is 0 Å². The van der Waals surface area contributed by atoms with E-state index in [0.717, 1.165) is 25.7 Å². The Kier molecular flexibility index (Phi) is 27.2. The summed E-state index contributed by atoms with van der Waals surface area (Å²) >= 11 is 0. The van der Waals surface area contributed by atoms with Crippen molar-refractivity contribution < 1.29 is 21.1 Å². The number of hydrogen-bond donors (Lipinski definition) is 0. The van der Waals surface area contributed by atoms with Crippen molar-refractivity contribution in [2.45, 2.75) is 39.0 Å². The molecule has 0 aromatic carbocycles. The van der Waals surface area contributed by atoms with Crippen molar-refractivity contribution in [1.82, 2.24) is 0 Å².